The summed E-state index contributed by atoms with van der Waals surface area (Å²) in [4.78, 5) is 30.2. The fourth-order valence-electron chi connectivity index (χ4n) is 2.68. The number of rotatable bonds is 6. The lowest BCUT2D eigenvalue weighted by Gasteiger charge is -2.14. The molecule has 3 rings (SSSR count). The first-order chi connectivity index (χ1) is 12.5. The molecule has 0 bridgehead atoms. The molecule has 0 unspecified atom stereocenters. The third-order valence-corrected chi connectivity index (χ3v) is 5.96. The molecule has 26 heavy (non-hydrogen) atoms. The quantitative estimate of drug-likeness (QED) is 0.425. The summed E-state index contributed by atoms with van der Waals surface area (Å²) in [6, 6.07) is 7.21. The third kappa shape index (κ3) is 3.91. The maximum Gasteiger partial charge on any atom is 0.316 e. The average molecular weight is 393 g/mol. The lowest BCUT2D eigenvalue weighted by molar-refractivity contribution is -0.139. The van der Waals surface area contributed by atoms with Gasteiger partial charge < -0.3 is 9.47 Å². The molecule has 0 saturated heterocycles. The molecular weight excluding hydrogens is 372 g/mol. The van der Waals surface area contributed by atoms with Crippen LogP contribution in [-0.2, 0) is 16.0 Å². The first-order valence-corrected chi connectivity index (χ1v) is 10.2. The molecular formula is C18H20N2O4S2. The largest absolute Gasteiger partial charge is 0.497 e. The van der Waals surface area contributed by atoms with E-state index < -0.39 is 0 Å². The molecule has 1 aromatic carbocycles. The minimum atomic E-state index is -0.323. The summed E-state index contributed by atoms with van der Waals surface area (Å²) in [5.74, 6) is 0.494. The molecule has 1 aliphatic rings. The van der Waals surface area contributed by atoms with E-state index in [2.05, 4.69) is 11.9 Å². The number of fused-ring (bicyclic) bond motifs is 1. The lowest BCUT2D eigenvalue weighted by Crippen LogP contribution is -2.24. The second-order valence-electron chi connectivity index (χ2n) is 5.74. The zero-order valence-electron chi connectivity index (χ0n) is 14.9. The van der Waals surface area contributed by atoms with Gasteiger partial charge in [-0.05, 0) is 31.2 Å². The Morgan fingerprint density at radius 3 is 2.77 bits per heavy atom. The summed E-state index contributed by atoms with van der Waals surface area (Å²) >= 11 is 2.77. The number of carbonyl (C=O) groups is 1. The van der Waals surface area contributed by atoms with Gasteiger partial charge in [-0.2, -0.15) is 0 Å². The topological polar surface area (TPSA) is 70.4 Å². The van der Waals surface area contributed by atoms with Crippen LogP contribution in [0.2, 0.25) is 0 Å². The second-order valence-corrected chi connectivity index (χ2v) is 8.13. The van der Waals surface area contributed by atoms with E-state index in [9.17, 15) is 9.59 Å². The van der Waals surface area contributed by atoms with Gasteiger partial charge in [0.2, 0.25) is 0 Å². The van der Waals surface area contributed by atoms with Crippen molar-refractivity contribution in [3.8, 4) is 11.4 Å². The Kier molecular flexibility index (Phi) is 5.93. The molecule has 0 fully saturated rings. The first kappa shape index (κ1) is 18.8. The van der Waals surface area contributed by atoms with Gasteiger partial charge in [0.05, 0.1) is 35.7 Å². The molecule has 138 valence electrons. The van der Waals surface area contributed by atoms with E-state index in [1.165, 1.54) is 11.8 Å². The third-order valence-electron chi connectivity index (χ3n) is 3.84. The van der Waals surface area contributed by atoms with Crippen LogP contribution in [0.4, 0.5) is 0 Å². The van der Waals surface area contributed by atoms with Crippen LogP contribution in [0.1, 0.15) is 19.5 Å². The van der Waals surface area contributed by atoms with Crippen LogP contribution in [0.3, 0.4) is 0 Å². The zero-order chi connectivity index (χ0) is 18.7. The molecule has 2 aromatic rings. The normalized spacial score (nSPS) is 15.6. The van der Waals surface area contributed by atoms with Gasteiger partial charge in [-0.3, -0.25) is 14.2 Å². The molecule has 2 heterocycles. The fraction of sp³-hybridized carbons (Fsp3) is 0.389. The van der Waals surface area contributed by atoms with Crippen LogP contribution in [0, 0.1) is 0 Å². The van der Waals surface area contributed by atoms with Gasteiger partial charge in [0, 0.05) is 11.7 Å². The lowest BCUT2D eigenvalue weighted by atomic mass is 10.2. The number of nitrogens with zero attached hydrogens (tertiary/aromatic N) is 2. The summed E-state index contributed by atoms with van der Waals surface area (Å²) in [6.07, 6.45) is 0.756. The fourth-order valence-corrected chi connectivity index (χ4v) is 4.61. The Morgan fingerprint density at radius 2 is 2.12 bits per heavy atom. The van der Waals surface area contributed by atoms with Gasteiger partial charge in [0.15, 0.2) is 5.16 Å². The molecule has 0 amide bonds. The highest BCUT2D eigenvalue weighted by molar-refractivity contribution is 8.00. The Morgan fingerprint density at radius 1 is 1.38 bits per heavy atom. The summed E-state index contributed by atoms with van der Waals surface area (Å²) < 4.78 is 11.7. The van der Waals surface area contributed by atoms with E-state index in [0.717, 1.165) is 12.1 Å². The molecule has 1 aromatic heterocycles. The van der Waals surface area contributed by atoms with E-state index in [1.54, 1.807) is 42.5 Å². The summed E-state index contributed by atoms with van der Waals surface area (Å²) in [7, 11) is 1.59. The maximum atomic E-state index is 13.1. The van der Waals surface area contributed by atoms with Crippen molar-refractivity contribution in [3.63, 3.8) is 0 Å². The van der Waals surface area contributed by atoms with Crippen LogP contribution in [0.15, 0.2) is 39.1 Å². The van der Waals surface area contributed by atoms with Crippen LogP contribution in [-0.4, -0.2) is 40.2 Å². The number of aromatic nitrogens is 2. The van der Waals surface area contributed by atoms with Crippen molar-refractivity contribution in [2.45, 2.75) is 35.6 Å². The van der Waals surface area contributed by atoms with Crippen LogP contribution in [0.25, 0.3) is 5.69 Å². The summed E-state index contributed by atoms with van der Waals surface area (Å²) in [5.41, 5.74) is 1.40. The highest BCUT2D eigenvalue weighted by Gasteiger charge is 2.27. The number of esters is 1. The van der Waals surface area contributed by atoms with Gasteiger partial charge >= 0.3 is 5.97 Å². The van der Waals surface area contributed by atoms with Gasteiger partial charge in [-0.25, -0.2) is 4.98 Å². The molecule has 1 aliphatic heterocycles. The molecule has 8 heteroatoms. The van der Waals surface area contributed by atoms with Crippen molar-refractivity contribution in [3.05, 3.63) is 40.3 Å². The Balaban J connectivity index is 2.03. The molecule has 0 N–H and O–H groups in total. The van der Waals surface area contributed by atoms with E-state index >= 15 is 0 Å². The Bertz CT molecular complexity index is 865. The molecule has 0 radical (unpaired) electrons. The van der Waals surface area contributed by atoms with E-state index in [4.69, 9.17) is 9.47 Å². The molecule has 0 aliphatic carbocycles. The predicted molar refractivity (Wildman–Crippen MR) is 103 cm³/mol. The molecule has 6 nitrogen and oxygen atoms in total. The standard InChI is InChI=1S/C18H20N2O4S2/c1-4-24-15(21)10-25-18-19-14-9-11(2)26-16(14)17(22)20(18)12-5-7-13(23-3)8-6-12/h5-8,11H,4,9-10H2,1-3H3/t11-/m0/s1. The van der Waals surface area contributed by atoms with Gasteiger partial charge in [0.25, 0.3) is 5.56 Å². The number of methoxy groups -OCH3 is 1. The number of hydrogen-bond acceptors (Lipinski definition) is 7. The highest BCUT2D eigenvalue weighted by atomic mass is 32.2. The highest BCUT2D eigenvalue weighted by Crippen LogP contribution is 2.35. The summed E-state index contributed by atoms with van der Waals surface area (Å²) in [5, 5.41) is 0.821. The van der Waals surface area contributed by atoms with Gasteiger partial charge in [-0.15, -0.1) is 11.8 Å². The van der Waals surface area contributed by atoms with Crippen molar-refractivity contribution in [2.24, 2.45) is 0 Å². The van der Waals surface area contributed by atoms with E-state index in [1.807, 2.05) is 12.1 Å². The average Bonchev–Trinajstić information content (AvgIpc) is 3.01. The smallest absolute Gasteiger partial charge is 0.316 e. The first-order valence-electron chi connectivity index (χ1n) is 8.29. The Labute approximate surface area is 160 Å². The van der Waals surface area contributed by atoms with Crippen molar-refractivity contribution in [1.29, 1.82) is 0 Å². The second kappa shape index (κ2) is 8.18. The SMILES string of the molecule is CCOC(=O)CSc1nc2c(c(=O)n1-c1ccc(OC)cc1)S[C@@H](C)C2. The molecule has 1 atom stereocenters. The van der Waals surface area contributed by atoms with Gasteiger partial charge in [0.1, 0.15) is 5.75 Å². The number of benzene rings is 1. The van der Waals surface area contributed by atoms with Crippen molar-refractivity contribution in [2.75, 3.05) is 19.5 Å². The monoisotopic (exact) mass is 392 g/mol. The Hall–Kier alpha value is -1.93. The zero-order valence-corrected chi connectivity index (χ0v) is 16.5. The van der Waals surface area contributed by atoms with Crippen LogP contribution >= 0.6 is 23.5 Å². The minimum Gasteiger partial charge on any atom is -0.497 e. The predicted octanol–water partition coefficient (Wildman–Crippen LogP) is 2.93. The number of hydrogen-bond donors (Lipinski definition) is 0. The minimum absolute atomic E-state index is 0.0964. The van der Waals surface area contributed by atoms with E-state index in [0.29, 0.717) is 33.3 Å². The van der Waals surface area contributed by atoms with Crippen LogP contribution < -0.4 is 10.3 Å². The van der Waals surface area contributed by atoms with Crippen molar-refractivity contribution < 1.29 is 14.3 Å². The van der Waals surface area contributed by atoms with E-state index in [-0.39, 0.29) is 17.3 Å². The maximum absolute atomic E-state index is 13.1. The number of ether oxygens (including phenoxy) is 2. The molecule has 0 saturated carbocycles. The molecule has 0 spiro atoms. The van der Waals surface area contributed by atoms with Crippen molar-refractivity contribution in [1.82, 2.24) is 9.55 Å². The van der Waals surface area contributed by atoms with Crippen LogP contribution in [0.5, 0.6) is 5.75 Å². The number of carbonyl (C=O) groups excluding carboxylic acids is 1. The van der Waals surface area contributed by atoms with Gasteiger partial charge in [-0.1, -0.05) is 18.7 Å². The van der Waals surface area contributed by atoms with Crippen molar-refractivity contribution >= 4 is 29.5 Å². The summed E-state index contributed by atoms with van der Waals surface area (Å²) in [6.45, 7) is 4.17. The number of thioether (sulfide) groups is 2.